The van der Waals surface area contributed by atoms with Crippen LogP contribution in [0.25, 0.3) is 5.69 Å². The van der Waals surface area contributed by atoms with Crippen LogP contribution in [0.2, 0.25) is 0 Å². The maximum atomic E-state index is 12.6. The second-order valence-electron chi connectivity index (χ2n) is 5.69. The number of allylic oxidation sites excluding steroid dienone is 2. The van der Waals surface area contributed by atoms with Crippen LogP contribution in [0.3, 0.4) is 0 Å². The summed E-state index contributed by atoms with van der Waals surface area (Å²) < 4.78 is 11.2. The van der Waals surface area contributed by atoms with Gasteiger partial charge < -0.3 is 19.5 Å². The molecule has 2 aromatic rings. The predicted molar refractivity (Wildman–Crippen MR) is 100 cm³/mol. The van der Waals surface area contributed by atoms with E-state index >= 15 is 0 Å². The van der Waals surface area contributed by atoms with Gasteiger partial charge in [0.25, 0.3) is 0 Å². The van der Waals surface area contributed by atoms with Crippen LogP contribution in [-0.4, -0.2) is 52.0 Å². The lowest BCUT2D eigenvalue weighted by Gasteiger charge is -2.25. The second-order valence-corrected chi connectivity index (χ2v) is 5.69. The summed E-state index contributed by atoms with van der Waals surface area (Å²) in [4.78, 5) is 37.9. The Balaban J connectivity index is 2.28. The maximum absolute atomic E-state index is 12.6. The normalized spacial score (nSPS) is 13.2. The van der Waals surface area contributed by atoms with Gasteiger partial charge in [-0.05, 0) is 30.4 Å². The fourth-order valence-corrected chi connectivity index (χ4v) is 2.75. The lowest BCUT2D eigenvalue weighted by Crippen LogP contribution is -2.28. The molecular formula is C19H16N4O6. The van der Waals surface area contributed by atoms with Crippen LogP contribution in [0.5, 0.6) is 0 Å². The average Bonchev–Trinajstić information content (AvgIpc) is 3.18. The summed E-state index contributed by atoms with van der Waals surface area (Å²) in [6.45, 7) is 0. The molecule has 0 atom stereocenters. The number of aromatic nitrogens is 3. The number of carbonyl (C=O) groups is 3. The number of nitrogens with zero attached hydrogens (tertiary/aromatic N) is 4. The SMILES string of the molecule is COC(=O)C1=C(C(=O)OC)N(c2cc(-n3cnnc3)ccc2C(=O)O)C=CC=C1. The Morgan fingerprint density at radius 3 is 2.31 bits per heavy atom. The number of methoxy groups -OCH3 is 2. The third-order valence-corrected chi connectivity index (χ3v) is 4.08. The number of carboxylic acids is 1. The monoisotopic (exact) mass is 396 g/mol. The van der Waals surface area contributed by atoms with E-state index in [0.29, 0.717) is 5.69 Å². The molecule has 0 aliphatic carbocycles. The van der Waals surface area contributed by atoms with E-state index in [9.17, 15) is 19.5 Å². The smallest absolute Gasteiger partial charge is 0.355 e. The summed E-state index contributed by atoms with van der Waals surface area (Å²) in [6, 6.07) is 4.48. The highest BCUT2D eigenvalue weighted by Crippen LogP contribution is 2.31. The number of esters is 2. The van der Waals surface area contributed by atoms with Crippen LogP contribution in [0.15, 0.2) is 66.6 Å². The van der Waals surface area contributed by atoms with Crippen molar-refractivity contribution in [2.45, 2.75) is 0 Å². The Morgan fingerprint density at radius 1 is 1.00 bits per heavy atom. The van der Waals surface area contributed by atoms with E-state index in [1.54, 1.807) is 16.7 Å². The Kier molecular flexibility index (Phi) is 5.54. The number of anilines is 1. The van der Waals surface area contributed by atoms with Gasteiger partial charge >= 0.3 is 17.9 Å². The van der Waals surface area contributed by atoms with Crippen molar-refractivity contribution in [2.24, 2.45) is 0 Å². The minimum atomic E-state index is -1.22. The van der Waals surface area contributed by atoms with Gasteiger partial charge in [0.15, 0.2) is 0 Å². The number of hydrogen-bond donors (Lipinski definition) is 1. The average molecular weight is 396 g/mol. The number of carbonyl (C=O) groups excluding carboxylic acids is 2. The fraction of sp³-hybridized carbons (Fsp3) is 0.105. The first-order valence-electron chi connectivity index (χ1n) is 8.25. The molecule has 148 valence electrons. The molecule has 0 fully saturated rings. The summed E-state index contributed by atoms with van der Waals surface area (Å²) in [5, 5.41) is 17.1. The van der Waals surface area contributed by atoms with Crippen molar-refractivity contribution >= 4 is 23.6 Å². The number of rotatable bonds is 5. The molecule has 0 unspecified atom stereocenters. The van der Waals surface area contributed by atoms with E-state index in [2.05, 4.69) is 10.2 Å². The molecule has 0 spiro atoms. The van der Waals surface area contributed by atoms with E-state index in [-0.39, 0.29) is 22.5 Å². The standard InChI is InChI=1S/C19H16N4O6/c1-28-18(26)14-5-3-4-8-23(16(14)19(27)29-2)15-9-12(22-10-20-21-11-22)6-7-13(15)17(24)25/h3-11H,1-2H3,(H,24,25). The third kappa shape index (κ3) is 3.76. The molecule has 0 bridgehead atoms. The maximum Gasteiger partial charge on any atom is 0.355 e. The number of carboxylic acid groups (broad SMARTS) is 1. The lowest BCUT2D eigenvalue weighted by atomic mass is 10.1. The zero-order valence-corrected chi connectivity index (χ0v) is 15.5. The molecule has 0 saturated heterocycles. The van der Waals surface area contributed by atoms with Crippen molar-refractivity contribution in [2.75, 3.05) is 19.1 Å². The Labute approximate surface area is 165 Å². The summed E-state index contributed by atoms with van der Waals surface area (Å²) in [5.74, 6) is -2.83. The van der Waals surface area contributed by atoms with Gasteiger partial charge in [-0.15, -0.1) is 10.2 Å². The Bertz CT molecular complexity index is 1050. The van der Waals surface area contributed by atoms with Crippen LogP contribution in [0.1, 0.15) is 10.4 Å². The van der Waals surface area contributed by atoms with Gasteiger partial charge in [0, 0.05) is 6.20 Å². The second kappa shape index (κ2) is 8.21. The summed E-state index contributed by atoms with van der Waals surface area (Å²) in [6.07, 6.45) is 8.80. The van der Waals surface area contributed by atoms with E-state index in [1.165, 1.54) is 55.1 Å². The van der Waals surface area contributed by atoms with E-state index in [4.69, 9.17) is 9.47 Å². The van der Waals surface area contributed by atoms with Gasteiger partial charge in [0.1, 0.15) is 18.4 Å². The van der Waals surface area contributed by atoms with Gasteiger partial charge in [0.05, 0.1) is 36.7 Å². The molecule has 1 aromatic carbocycles. The molecule has 0 radical (unpaired) electrons. The highest BCUT2D eigenvalue weighted by molar-refractivity contribution is 6.07. The summed E-state index contributed by atoms with van der Waals surface area (Å²) in [5.41, 5.74) is 0.303. The van der Waals surface area contributed by atoms with Crippen molar-refractivity contribution in [3.8, 4) is 5.69 Å². The van der Waals surface area contributed by atoms with Crippen LogP contribution < -0.4 is 4.90 Å². The molecule has 0 amide bonds. The molecule has 1 aliphatic heterocycles. The molecule has 1 N–H and O–H groups in total. The minimum absolute atomic E-state index is 0.0876. The van der Waals surface area contributed by atoms with Gasteiger partial charge in [-0.3, -0.25) is 4.57 Å². The minimum Gasteiger partial charge on any atom is -0.478 e. The number of benzene rings is 1. The summed E-state index contributed by atoms with van der Waals surface area (Å²) in [7, 11) is 2.34. The van der Waals surface area contributed by atoms with Crippen molar-refractivity contribution in [3.63, 3.8) is 0 Å². The quantitative estimate of drug-likeness (QED) is 0.748. The van der Waals surface area contributed by atoms with Gasteiger partial charge in [-0.2, -0.15) is 0 Å². The molecule has 10 heteroatoms. The molecule has 29 heavy (non-hydrogen) atoms. The van der Waals surface area contributed by atoms with E-state index in [1.807, 2.05) is 0 Å². The third-order valence-electron chi connectivity index (χ3n) is 4.08. The highest BCUT2D eigenvalue weighted by atomic mass is 16.5. The van der Waals surface area contributed by atoms with Gasteiger partial charge in [-0.1, -0.05) is 6.08 Å². The van der Waals surface area contributed by atoms with Crippen molar-refractivity contribution in [1.82, 2.24) is 14.8 Å². The van der Waals surface area contributed by atoms with Gasteiger partial charge in [-0.25, -0.2) is 14.4 Å². The van der Waals surface area contributed by atoms with Crippen molar-refractivity contribution in [3.05, 3.63) is 72.1 Å². The molecule has 3 rings (SSSR count). The first-order chi connectivity index (χ1) is 14.0. The predicted octanol–water partition coefficient (Wildman–Crippen LogP) is 1.46. The van der Waals surface area contributed by atoms with Crippen LogP contribution in [0.4, 0.5) is 5.69 Å². The molecule has 2 heterocycles. The first-order valence-corrected chi connectivity index (χ1v) is 8.25. The lowest BCUT2D eigenvalue weighted by molar-refractivity contribution is -0.139. The zero-order chi connectivity index (χ0) is 21.0. The number of aromatic carboxylic acids is 1. The van der Waals surface area contributed by atoms with E-state index in [0.717, 1.165) is 7.11 Å². The summed E-state index contributed by atoms with van der Waals surface area (Å²) >= 11 is 0. The topological polar surface area (TPSA) is 124 Å². The molecule has 1 aliphatic rings. The van der Waals surface area contributed by atoms with Crippen molar-refractivity contribution in [1.29, 1.82) is 0 Å². The molecular weight excluding hydrogens is 380 g/mol. The van der Waals surface area contributed by atoms with Crippen LogP contribution in [0, 0.1) is 0 Å². The molecule has 1 aromatic heterocycles. The van der Waals surface area contributed by atoms with Gasteiger partial charge in [0.2, 0.25) is 0 Å². The van der Waals surface area contributed by atoms with E-state index < -0.39 is 17.9 Å². The number of ether oxygens (including phenoxy) is 2. The van der Waals surface area contributed by atoms with Crippen LogP contribution >= 0.6 is 0 Å². The van der Waals surface area contributed by atoms with Crippen LogP contribution in [-0.2, 0) is 19.1 Å². The first kappa shape index (κ1) is 19.5. The van der Waals surface area contributed by atoms with Crippen molar-refractivity contribution < 1.29 is 29.0 Å². The Morgan fingerprint density at radius 2 is 1.69 bits per heavy atom. The highest BCUT2D eigenvalue weighted by Gasteiger charge is 2.29. The largest absolute Gasteiger partial charge is 0.478 e. The Hall–Kier alpha value is -4.21. The molecule has 10 nitrogen and oxygen atoms in total. The number of hydrogen-bond acceptors (Lipinski definition) is 8. The molecule has 0 saturated carbocycles. The fourth-order valence-electron chi connectivity index (χ4n) is 2.75. The zero-order valence-electron chi connectivity index (χ0n) is 15.5.